The van der Waals surface area contributed by atoms with Crippen LogP contribution in [0.1, 0.15) is 15.9 Å². The molecule has 0 aliphatic carbocycles. The van der Waals surface area contributed by atoms with Crippen molar-refractivity contribution in [3.8, 4) is 5.75 Å². The highest BCUT2D eigenvalue weighted by Gasteiger charge is 2.16. The lowest BCUT2D eigenvalue weighted by atomic mass is 10.0. The third-order valence-corrected chi connectivity index (χ3v) is 4.21. The van der Waals surface area contributed by atoms with Gasteiger partial charge in [0.2, 0.25) is 0 Å². The average Bonchev–Trinajstić information content (AvgIpc) is 2.89. The third kappa shape index (κ3) is 2.61. The Morgan fingerprint density at radius 1 is 1.29 bits per heavy atom. The number of benzene rings is 1. The lowest BCUT2D eigenvalue weighted by Gasteiger charge is -2.05. The van der Waals surface area contributed by atoms with Crippen LogP contribution in [0.5, 0.6) is 5.75 Å². The molecule has 0 radical (unpaired) electrons. The number of ether oxygens (including phenoxy) is 1. The van der Waals surface area contributed by atoms with Crippen molar-refractivity contribution in [1.29, 1.82) is 0 Å². The molecule has 21 heavy (non-hydrogen) atoms. The Bertz CT molecular complexity index is 843. The molecular formula is C15H10Br2N2O2. The number of hydrogen-bond donors (Lipinski definition) is 1. The highest BCUT2D eigenvalue weighted by molar-refractivity contribution is 9.10. The van der Waals surface area contributed by atoms with Gasteiger partial charge in [0.1, 0.15) is 11.4 Å². The van der Waals surface area contributed by atoms with Crippen LogP contribution in [0.25, 0.3) is 11.0 Å². The van der Waals surface area contributed by atoms with E-state index in [0.717, 1.165) is 14.3 Å². The minimum absolute atomic E-state index is 0.0653. The molecule has 2 aromatic heterocycles. The highest BCUT2D eigenvalue weighted by atomic mass is 79.9. The number of methoxy groups -OCH3 is 1. The van der Waals surface area contributed by atoms with Gasteiger partial charge < -0.3 is 9.72 Å². The maximum Gasteiger partial charge on any atom is 0.195 e. The summed E-state index contributed by atoms with van der Waals surface area (Å²) >= 11 is 6.77. The van der Waals surface area contributed by atoms with Gasteiger partial charge >= 0.3 is 0 Å². The third-order valence-electron chi connectivity index (χ3n) is 3.16. The summed E-state index contributed by atoms with van der Waals surface area (Å²) in [6.45, 7) is 0. The molecule has 0 aliphatic rings. The molecule has 0 spiro atoms. The Morgan fingerprint density at radius 2 is 2.10 bits per heavy atom. The summed E-state index contributed by atoms with van der Waals surface area (Å²) in [5.74, 6) is 0.624. The van der Waals surface area contributed by atoms with Crippen LogP contribution in [0.3, 0.4) is 0 Å². The molecular weight excluding hydrogens is 400 g/mol. The number of nitrogens with one attached hydrogen (secondary N) is 1. The fraction of sp³-hybridized carbons (Fsp3) is 0.0667. The lowest BCUT2D eigenvalue weighted by Crippen LogP contribution is -2.01. The molecule has 0 atom stereocenters. The number of carbonyl (C=O) groups excluding carboxylic acids is 1. The number of carbonyl (C=O) groups is 1. The number of H-pyrrole nitrogens is 1. The zero-order valence-electron chi connectivity index (χ0n) is 11.0. The van der Waals surface area contributed by atoms with Gasteiger partial charge in [0, 0.05) is 33.4 Å². The monoisotopic (exact) mass is 408 g/mol. The molecule has 0 bridgehead atoms. The summed E-state index contributed by atoms with van der Waals surface area (Å²) < 4.78 is 6.75. The summed E-state index contributed by atoms with van der Waals surface area (Å²) in [5.41, 5.74) is 1.87. The molecule has 0 fully saturated rings. The van der Waals surface area contributed by atoms with Crippen molar-refractivity contribution in [2.45, 2.75) is 0 Å². The van der Waals surface area contributed by atoms with E-state index in [1.165, 1.54) is 0 Å². The maximum absolute atomic E-state index is 12.7. The molecule has 1 N–H and O–H groups in total. The van der Waals surface area contributed by atoms with E-state index in [-0.39, 0.29) is 5.78 Å². The Balaban J connectivity index is 2.08. The van der Waals surface area contributed by atoms with Gasteiger partial charge in [0.15, 0.2) is 5.78 Å². The number of aromatic amines is 1. The first-order valence-corrected chi connectivity index (χ1v) is 7.69. The topological polar surface area (TPSA) is 55.0 Å². The minimum atomic E-state index is -0.0653. The number of ketones is 1. The van der Waals surface area contributed by atoms with Crippen molar-refractivity contribution < 1.29 is 9.53 Å². The molecule has 0 aliphatic heterocycles. The van der Waals surface area contributed by atoms with Gasteiger partial charge in [-0.3, -0.25) is 4.79 Å². The van der Waals surface area contributed by atoms with Crippen LogP contribution in [0.2, 0.25) is 0 Å². The number of nitrogens with zero attached hydrogens (tertiary/aromatic N) is 1. The van der Waals surface area contributed by atoms with Gasteiger partial charge in [0.05, 0.1) is 11.6 Å². The van der Waals surface area contributed by atoms with Crippen LogP contribution >= 0.6 is 31.9 Å². The molecule has 4 nitrogen and oxygen atoms in total. The fourth-order valence-electron chi connectivity index (χ4n) is 2.13. The van der Waals surface area contributed by atoms with Gasteiger partial charge in [-0.05, 0) is 56.1 Å². The van der Waals surface area contributed by atoms with Gasteiger partial charge in [-0.25, -0.2) is 4.98 Å². The summed E-state index contributed by atoms with van der Waals surface area (Å²) in [5, 5.41) is 0.793. The number of fused-ring (bicyclic) bond motifs is 1. The molecule has 3 aromatic rings. The van der Waals surface area contributed by atoms with Gasteiger partial charge in [-0.2, -0.15) is 0 Å². The van der Waals surface area contributed by atoms with Gasteiger partial charge in [0.25, 0.3) is 0 Å². The van der Waals surface area contributed by atoms with Crippen molar-refractivity contribution in [3.63, 3.8) is 0 Å². The van der Waals surface area contributed by atoms with Crippen LogP contribution < -0.4 is 4.74 Å². The zero-order valence-corrected chi connectivity index (χ0v) is 14.2. The first-order chi connectivity index (χ1) is 10.1. The van der Waals surface area contributed by atoms with Crippen molar-refractivity contribution in [2.75, 3.05) is 7.11 Å². The predicted molar refractivity (Wildman–Crippen MR) is 87.9 cm³/mol. The van der Waals surface area contributed by atoms with E-state index in [9.17, 15) is 4.79 Å². The first kappa shape index (κ1) is 14.3. The molecule has 1 aromatic carbocycles. The molecule has 0 amide bonds. The molecule has 0 saturated heterocycles. The Kier molecular flexibility index (Phi) is 3.82. The van der Waals surface area contributed by atoms with Crippen LogP contribution in [0, 0.1) is 0 Å². The van der Waals surface area contributed by atoms with E-state index in [0.29, 0.717) is 22.5 Å². The standard InChI is InChI=1S/C15H10Br2N2O2/c1-21-13-3-2-8(4-12(13)17)14(20)11-7-19-15-10(11)5-9(16)6-18-15/h2-7H,1H3,(H,18,19). The van der Waals surface area contributed by atoms with Crippen molar-refractivity contribution >= 4 is 48.7 Å². The molecule has 3 rings (SSSR count). The molecule has 2 heterocycles. The largest absolute Gasteiger partial charge is 0.496 e. The average molecular weight is 410 g/mol. The zero-order chi connectivity index (χ0) is 15.0. The maximum atomic E-state index is 12.7. The Morgan fingerprint density at radius 3 is 2.81 bits per heavy atom. The summed E-state index contributed by atoms with van der Waals surface area (Å²) in [4.78, 5) is 19.9. The lowest BCUT2D eigenvalue weighted by molar-refractivity contribution is 0.104. The number of halogens is 2. The van der Waals surface area contributed by atoms with Crippen LogP contribution in [-0.2, 0) is 0 Å². The second-order valence-electron chi connectivity index (χ2n) is 4.43. The minimum Gasteiger partial charge on any atom is -0.496 e. The van der Waals surface area contributed by atoms with E-state index >= 15 is 0 Å². The van der Waals surface area contributed by atoms with E-state index in [2.05, 4.69) is 41.8 Å². The summed E-state index contributed by atoms with van der Waals surface area (Å²) in [7, 11) is 1.59. The van der Waals surface area contributed by atoms with E-state index in [1.54, 1.807) is 37.7 Å². The Labute approximate surface area is 137 Å². The van der Waals surface area contributed by atoms with E-state index in [4.69, 9.17) is 4.74 Å². The van der Waals surface area contributed by atoms with Gasteiger partial charge in [-0.1, -0.05) is 0 Å². The van der Waals surface area contributed by atoms with Gasteiger partial charge in [-0.15, -0.1) is 0 Å². The van der Waals surface area contributed by atoms with Crippen molar-refractivity contribution in [2.24, 2.45) is 0 Å². The quantitative estimate of drug-likeness (QED) is 0.655. The molecule has 0 unspecified atom stereocenters. The second-order valence-corrected chi connectivity index (χ2v) is 6.20. The summed E-state index contributed by atoms with van der Waals surface area (Å²) in [6.07, 6.45) is 3.38. The SMILES string of the molecule is COc1ccc(C(=O)c2c[nH]c3ncc(Br)cc23)cc1Br. The molecule has 6 heteroatoms. The second kappa shape index (κ2) is 5.61. The number of pyridine rings is 1. The smallest absolute Gasteiger partial charge is 0.195 e. The van der Waals surface area contributed by atoms with Crippen LogP contribution in [0.15, 0.2) is 45.6 Å². The molecule has 0 saturated carbocycles. The Hall–Kier alpha value is -1.66. The first-order valence-electron chi connectivity index (χ1n) is 6.11. The van der Waals surface area contributed by atoms with Crippen LogP contribution in [0.4, 0.5) is 0 Å². The number of hydrogen-bond acceptors (Lipinski definition) is 3. The van der Waals surface area contributed by atoms with Crippen molar-refractivity contribution in [1.82, 2.24) is 9.97 Å². The number of rotatable bonds is 3. The van der Waals surface area contributed by atoms with E-state index in [1.807, 2.05) is 6.07 Å². The normalized spacial score (nSPS) is 10.8. The highest BCUT2D eigenvalue weighted by Crippen LogP contribution is 2.28. The van der Waals surface area contributed by atoms with Crippen LogP contribution in [-0.4, -0.2) is 22.9 Å². The summed E-state index contributed by atoms with van der Waals surface area (Å²) in [6, 6.07) is 7.15. The number of aromatic nitrogens is 2. The fourth-order valence-corrected chi connectivity index (χ4v) is 3.00. The molecule has 106 valence electrons. The van der Waals surface area contributed by atoms with E-state index < -0.39 is 0 Å². The van der Waals surface area contributed by atoms with Crippen molar-refractivity contribution in [3.05, 3.63) is 56.7 Å². The predicted octanol–water partition coefficient (Wildman–Crippen LogP) is 4.33.